The van der Waals surface area contributed by atoms with E-state index in [0.29, 0.717) is 54.1 Å². The highest BCUT2D eigenvalue weighted by atomic mass is 35.5. The quantitative estimate of drug-likeness (QED) is 0.226. The summed E-state index contributed by atoms with van der Waals surface area (Å²) in [5.74, 6) is -0.258. The van der Waals surface area contributed by atoms with Crippen LogP contribution in [0, 0.1) is 5.82 Å². The third-order valence-corrected chi connectivity index (χ3v) is 7.24. The van der Waals surface area contributed by atoms with E-state index < -0.39 is 24.1 Å². The molecule has 0 spiro atoms. The molecule has 0 saturated carbocycles. The van der Waals surface area contributed by atoms with E-state index in [1.165, 1.54) is 36.9 Å². The van der Waals surface area contributed by atoms with E-state index in [1.54, 1.807) is 44.2 Å². The number of carbonyl (C=O) groups is 1. The first kappa shape index (κ1) is 27.4. The van der Waals surface area contributed by atoms with E-state index in [0.717, 1.165) is 0 Å². The summed E-state index contributed by atoms with van der Waals surface area (Å²) in [4.78, 5) is 29.7. The van der Waals surface area contributed by atoms with Crippen LogP contribution in [0.25, 0.3) is 31.8 Å². The monoisotopic (exact) mass is 583 g/mol. The van der Waals surface area contributed by atoms with Gasteiger partial charge in [0.05, 0.1) is 58.7 Å². The molecule has 40 heavy (non-hydrogen) atoms. The molecule has 0 bridgehead atoms. The molecule has 0 aliphatic heterocycles. The summed E-state index contributed by atoms with van der Waals surface area (Å²) in [7, 11) is 1.50. The smallest absolute Gasteiger partial charge is 0.412 e. The minimum Gasteiger partial charge on any atom is -0.484 e. The maximum absolute atomic E-state index is 15.0. The van der Waals surface area contributed by atoms with E-state index >= 15 is 4.39 Å². The van der Waals surface area contributed by atoms with Gasteiger partial charge in [-0.3, -0.25) is 10.3 Å². The number of rotatable bonds is 8. The lowest BCUT2D eigenvalue weighted by molar-refractivity contribution is 0.0402. The average Bonchev–Trinajstić information content (AvgIpc) is 3.35. The zero-order valence-electron chi connectivity index (χ0n) is 21.5. The Hall–Kier alpha value is -4.13. The summed E-state index contributed by atoms with van der Waals surface area (Å²) in [5.41, 5.74) is 3.09. The van der Waals surface area contributed by atoms with Crippen molar-refractivity contribution in [3.05, 3.63) is 65.3 Å². The molecule has 0 unspecified atom stereocenters. The third-order valence-electron chi connectivity index (χ3n) is 5.97. The van der Waals surface area contributed by atoms with Crippen LogP contribution in [0.2, 0.25) is 5.02 Å². The molecule has 10 nitrogen and oxygen atoms in total. The predicted octanol–water partition coefficient (Wildman–Crippen LogP) is 6.00. The fraction of sp³-hybridized carbons (Fsp3) is 0.222. The van der Waals surface area contributed by atoms with Crippen molar-refractivity contribution in [2.45, 2.75) is 32.7 Å². The number of aliphatic hydroxyl groups is 1. The number of benzene rings is 2. The summed E-state index contributed by atoms with van der Waals surface area (Å²) in [5, 5.41) is 12.7. The maximum atomic E-state index is 15.0. The topological polar surface area (TPSA) is 129 Å². The van der Waals surface area contributed by atoms with Gasteiger partial charge in [0.1, 0.15) is 17.2 Å². The number of ether oxygens (including phenoxy) is 3. The molecular formula is C27H23ClFN5O5S. The number of hydrogen-bond acceptors (Lipinski definition) is 10. The van der Waals surface area contributed by atoms with Gasteiger partial charge in [-0.2, -0.15) is 0 Å². The van der Waals surface area contributed by atoms with Gasteiger partial charge in [0.15, 0.2) is 11.6 Å². The van der Waals surface area contributed by atoms with Gasteiger partial charge in [-0.15, -0.1) is 11.3 Å². The Morgan fingerprint density at radius 3 is 2.65 bits per heavy atom. The highest BCUT2D eigenvalue weighted by Crippen LogP contribution is 2.38. The van der Waals surface area contributed by atoms with Crippen LogP contribution in [0.15, 0.2) is 48.8 Å². The first-order valence-electron chi connectivity index (χ1n) is 12.0. The van der Waals surface area contributed by atoms with E-state index in [-0.39, 0.29) is 12.4 Å². The zero-order chi connectivity index (χ0) is 28.4. The molecule has 2 atom stereocenters. The molecule has 206 valence electrons. The van der Waals surface area contributed by atoms with Crippen LogP contribution in [0.5, 0.6) is 11.6 Å². The minimum atomic E-state index is -0.723. The Labute approximate surface area is 236 Å². The normalized spacial score (nSPS) is 12.8. The van der Waals surface area contributed by atoms with Gasteiger partial charge in [0.2, 0.25) is 5.88 Å². The fourth-order valence-electron chi connectivity index (χ4n) is 3.77. The number of carbonyl (C=O) groups excluding carboxylic acids is 1. The predicted molar refractivity (Wildman–Crippen MR) is 149 cm³/mol. The van der Waals surface area contributed by atoms with Crippen molar-refractivity contribution in [1.82, 2.24) is 19.9 Å². The fourth-order valence-corrected chi connectivity index (χ4v) is 4.98. The van der Waals surface area contributed by atoms with Crippen molar-refractivity contribution >= 4 is 56.0 Å². The molecule has 2 N–H and O–H groups in total. The number of thiazole rings is 1. The molecule has 2 aromatic carbocycles. The number of aliphatic hydroxyl groups excluding tert-OH is 1. The molecule has 3 aromatic heterocycles. The van der Waals surface area contributed by atoms with Crippen molar-refractivity contribution in [3.8, 4) is 22.2 Å². The van der Waals surface area contributed by atoms with Gasteiger partial charge in [-0.25, -0.2) is 24.1 Å². The van der Waals surface area contributed by atoms with Crippen molar-refractivity contribution in [2.75, 3.05) is 12.4 Å². The van der Waals surface area contributed by atoms with Gasteiger partial charge >= 0.3 is 6.09 Å². The van der Waals surface area contributed by atoms with Crippen LogP contribution in [0.1, 0.15) is 19.5 Å². The van der Waals surface area contributed by atoms with Crippen molar-refractivity contribution in [1.29, 1.82) is 0 Å². The number of aromatic nitrogens is 4. The number of methoxy groups -OCH3 is 1. The number of anilines is 1. The second-order valence-corrected chi connectivity index (χ2v) is 10.2. The molecule has 5 aromatic rings. The number of fused-ring (bicyclic) bond motifs is 2. The van der Waals surface area contributed by atoms with Crippen LogP contribution in [-0.2, 0) is 11.3 Å². The van der Waals surface area contributed by atoms with Crippen LogP contribution in [0.3, 0.4) is 0 Å². The minimum absolute atomic E-state index is 0.00432. The Kier molecular flexibility index (Phi) is 7.92. The molecule has 0 radical (unpaired) electrons. The number of amides is 1. The highest BCUT2D eigenvalue weighted by molar-refractivity contribution is 7.21. The Bertz CT molecular complexity index is 1700. The number of nitrogens with zero attached hydrogens (tertiary/aromatic N) is 4. The summed E-state index contributed by atoms with van der Waals surface area (Å²) < 4.78 is 32.1. The van der Waals surface area contributed by atoms with Crippen LogP contribution >= 0.6 is 22.9 Å². The number of halogens is 2. The van der Waals surface area contributed by atoms with Crippen LogP contribution in [-0.4, -0.2) is 50.5 Å². The summed E-state index contributed by atoms with van der Waals surface area (Å²) in [6.07, 6.45) is 0.792. The molecule has 5 rings (SSSR count). The largest absolute Gasteiger partial charge is 0.484 e. The summed E-state index contributed by atoms with van der Waals surface area (Å²) in [6.45, 7) is 3.10. The van der Waals surface area contributed by atoms with Gasteiger partial charge < -0.3 is 19.3 Å². The second-order valence-electron chi connectivity index (χ2n) is 8.76. The van der Waals surface area contributed by atoms with Crippen molar-refractivity contribution in [2.24, 2.45) is 0 Å². The lowest BCUT2D eigenvalue weighted by atomic mass is 10.2. The SMILES string of the molecule is COc1cnc2c(-c3nc4cc(F)c(O[C@@H](C)[C@@H](C)OC(=O)Nc5ccc(CO)nc5)cc4s3)cc(Cl)cc2n1. The maximum Gasteiger partial charge on any atom is 0.412 e. The summed E-state index contributed by atoms with van der Waals surface area (Å²) >= 11 is 7.66. The molecule has 0 aliphatic rings. The van der Waals surface area contributed by atoms with Crippen LogP contribution in [0.4, 0.5) is 14.9 Å². The highest BCUT2D eigenvalue weighted by Gasteiger charge is 2.22. The molecule has 0 saturated heterocycles. The standard InChI is InChI=1S/C27H23ClFN5O5S/c1-13(14(2)39-27(36)32-16-4-5-17(12-35)30-10-16)38-22-9-23-20(8-19(22)29)34-26(40-23)18-6-15(28)7-21-25(18)31-11-24(33-21)37-3/h4-11,13-14,35H,12H2,1-3H3,(H,32,36)/t13-,14+/m0/s1. The average molecular weight is 584 g/mol. The van der Waals surface area contributed by atoms with Crippen molar-refractivity contribution < 1.29 is 28.5 Å². The lowest BCUT2D eigenvalue weighted by Gasteiger charge is -2.22. The second kappa shape index (κ2) is 11.5. The Morgan fingerprint density at radius 1 is 1.10 bits per heavy atom. The van der Waals surface area contributed by atoms with E-state index in [9.17, 15) is 4.79 Å². The lowest BCUT2D eigenvalue weighted by Crippen LogP contribution is -2.32. The van der Waals surface area contributed by atoms with Gasteiger partial charge in [-0.05, 0) is 38.1 Å². The first-order chi connectivity index (χ1) is 19.2. The molecule has 3 heterocycles. The first-order valence-corrected chi connectivity index (χ1v) is 13.2. The zero-order valence-corrected chi connectivity index (χ0v) is 23.1. The van der Waals surface area contributed by atoms with Crippen molar-refractivity contribution in [3.63, 3.8) is 0 Å². The Balaban J connectivity index is 1.32. The Morgan fingerprint density at radius 2 is 1.93 bits per heavy atom. The van der Waals surface area contributed by atoms with E-state index in [4.69, 9.17) is 30.9 Å². The number of pyridine rings is 1. The molecule has 0 aliphatic carbocycles. The molecular weight excluding hydrogens is 561 g/mol. The number of hydrogen-bond donors (Lipinski definition) is 2. The number of nitrogens with one attached hydrogen (secondary N) is 1. The molecule has 1 amide bonds. The van der Waals surface area contributed by atoms with Gasteiger partial charge in [0, 0.05) is 22.7 Å². The summed E-state index contributed by atoms with van der Waals surface area (Å²) in [6, 6.07) is 9.44. The van der Waals surface area contributed by atoms with Gasteiger partial charge in [-0.1, -0.05) is 11.6 Å². The van der Waals surface area contributed by atoms with E-state index in [2.05, 4.69) is 25.3 Å². The molecule has 0 fully saturated rings. The van der Waals surface area contributed by atoms with Crippen LogP contribution < -0.4 is 14.8 Å². The molecule has 13 heteroatoms. The van der Waals surface area contributed by atoms with Gasteiger partial charge in [0.25, 0.3) is 0 Å². The van der Waals surface area contributed by atoms with E-state index in [1.807, 2.05) is 0 Å². The third kappa shape index (κ3) is 5.88.